The second-order valence-electron chi connectivity index (χ2n) is 14.1. The number of halogens is 2. The minimum absolute atomic E-state index is 0.0191. The average Bonchev–Trinajstić information content (AvgIpc) is 3.36. The van der Waals surface area contributed by atoms with Gasteiger partial charge >= 0.3 is 0 Å². The second-order valence-corrected chi connectivity index (χ2v) is 20.6. The number of hydrogen-bond donors (Lipinski definition) is 0. The summed E-state index contributed by atoms with van der Waals surface area (Å²) in [5.74, 6) is 0.801. The third-order valence-electron chi connectivity index (χ3n) is 8.20. The van der Waals surface area contributed by atoms with Crippen molar-refractivity contribution in [3.63, 3.8) is 0 Å². The molecule has 0 amide bonds. The minimum atomic E-state index is -1.31. The van der Waals surface area contributed by atoms with Crippen LogP contribution in [0.4, 0.5) is 5.69 Å². The SMILES string of the molecule is CC(C)(C)c1ccc(-c2ccc(Cc3nc(-c4ccc(Cl)cc4Cl)c(-c4ccc([N+](=O)[O-])cc4)n3COCC[Si](C)(C)C)cc2)cc1. The van der Waals surface area contributed by atoms with Crippen molar-refractivity contribution < 1.29 is 9.66 Å². The van der Waals surface area contributed by atoms with Gasteiger partial charge in [0.05, 0.1) is 21.3 Å². The molecule has 6 nitrogen and oxygen atoms in total. The highest BCUT2D eigenvalue weighted by molar-refractivity contribution is 6.76. The number of nitrogens with zero attached hydrogens (tertiary/aromatic N) is 3. The minimum Gasteiger partial charge on any atom is -0.361 e. The summed E-state index contributed by atoms with van der Waals surface area (Å²) >= 11 is 13.0. The molecule has 5 rings (SSSR count). The molecule has 0 unspecified atom stereocenters. The summed E-state index contributed by atoms with van der Waals surface area (Å²) in [6, 6.07) is 30.2. The number of rotatable bonds is 11. The fourth-order valence-corrected chi connectivity index (χ4v) is 6.63. The van der Waals surface area contributed by atoms with Crippen molar-refractivity contribution in [1.29, 1.82) is 0 Å². The Kier molecular flexibility index (Phi) is 10.4. The van der Waals surface area contributed by atoms with E-state index in [1.807, 2.05) is 6.07 Å². The number of non-ortho nitro benzene ring substituents is 1. The number of aromatic nitrogens is 2. The van der Waals surface area contributed by atoms with Gasteiger partial charge in [-0.15, -0.1) is 0 Å². The molecule has 0 aliphatic carbocycles. The lowest BCUT2D eigenvalue weighted by atomic mass is 9.86. The summed E-state index contributed by atoms with van der Waals surface area (Å²) in [6.07, 6.45) is 0.547. The normalized spacial score (nSPS) is 12.0. The molecule has 5 aromatic rings. The molecule has 244 valence electrons. The topological polar surface area (TPSA) is 70.2 Å². The predicted molar refractivity (Wildman–Crippen MR) is 197 cm³/mol. The van der Waals surface area contributed by atoms with Crippen molar-refractivity contribution in [3.05, 3.63) is 128 Å². The van der Waals surface area contributed by atoms with E-state index in [1.54, 1.807) is 24.3 Å². The Morgan fingerprint density at radius 2 is 1.45 bits per heavy atom. The molecule has 0 aliphatic heterocycles. The number of nitro groups is 1. The summed E-state index contributed by atoms with van der Waals surface area (Å²) in [4.78, 5) is 16.2. The van der Waals surface area contributed by atoms with E-state index in [0.29, 0.717) is 28.8 Å². The second kappa shape index (κ2) is 14.2. The number of benzene rings is 4. The Morgan fingerprint density at radius 3 is 2.00 bits per heavy atom. The Bertz CT molecular complexity index is 1860. The highest BCUT2D eigenvalue weighted by atomic mass is 35.5. The lowest BCUT2D eigenvalue weighted by Gasteiger charge is -2.19. The van der Waals surface area contributed by atoms with Gasteiger partial charge in [0.2, 0.25) is 0 Å². The maximum atomic E-state index is 11.5. The maximum Gasteiger partial charge on any atom is 0.269 e. The fraction of sp³-hybridized carbons (Fsp3) is 0.289. The van der Waals surface area contributed by atoms with Crippen LogP contribution in [0.2, 0.25) is 35.7 Å². The molecule has 0 saturated carbocycles. The highest BCUT2D eigenvalue weighted by Gasteiger charge is 2.23. The van der Waals surface area contributed by atoms with Crippen LogP contribution < -0.4 is 0 Å². The zero-order valence-corrected chi connectivity index (χ0v) is 30.3. The molecule has 0 fully saturated rings. The molecule has 0 N–H and O–H groups in total. The van der Waals surface area contributed by atoms with Gasteiger partial charge in [-0.05, 0) is 64.0 Å². The number of ether oxygens (including phenoxy) is 1. The van der Waals surface area contributed by atoms with Crippen LogP contribution >= 0.6 is 23.2 Å². The van der Waals surface area contributed by atoms with E-state index in [9.17, 15) is 10.1 Å². The molecule has 0 spiro atoms. The molecule has 1 aromatic heterocycles. The lowest BCUT2D eigenvalue weighted by Crippen LogP contribution is -2.22. The van der Waals surface area contributed by atoms with Gasteiger partial charge in [-0.25, -0.2) is 4.98 Å². The third-order valence-corrected chi connectivity index (χ3v) is 10.5. The van der Waals surface area contributed by atoms with Crippen LogP contribution in [0.5, 0.6) is 0 Å². The van der Waals surface area contributed by atoms with E-state index in [-0.39, 0.29) is 17.8 Å². The Hall–Kier alpha value is -3.75. The van der Waals surface area contributed by atoms with Crippen molar-refractivity contribution >= 4 is 37.0 Å². The third kappa shape index (κ3) is 8.59. The Balaban J connectivity index is 1.56. The molecule has 4 aromatic carbocycles. The zero-order valence-electron chi connectivity index (χ0n) is 27.8. The summed E-state index contributed by atoms with van der Waals surface area (Å²) in [5.41, 5.74) is 7.78. The largest absolute Gasteiger partial charge is 0.361 e. The zero-order chi connectivity index (χ0) is 33.9. The van der Waals surface area contributed by atoms with Crippen molar-refractivity contribution in [2.75, 3.05) is 6.61 Å². The van der Waals surface area contributed by atoms with Gasteiger partial charge < -0.3 is 9.30 Å². The van der Waals surface area contributed by atoms with Crippen LogP contribution in [0, 0.1) is 10.1 Å². The van der Waals surface area contributed by atoms with E-state index in [0.717, 1.165) is 39.8 Å². The van der Waals surface area contributed by atoms with Crippen molar-refractivity contribution in [2.24, 2.45) is 0 Å². The molecule has 1 heterocycles. The molecule has 47 heavy (non-hydrogen) atoms. The molecule has 0 aliphatic rings. The molecular formula is C38H41Cl2N3O3Si. The summed E-state index contributed by atoms with van der Waals surface area (Å²) in [5, 5.41) is 12.5. The van der Waals surface area contributed by atoms with Crippen LogP contribution in [0.15, 0.2) is 91.0 Å². The molecule has 0 atom stereocenters. The van der Waals surface area contributed by atoms with Crippen molar-refractivity contribution in [3.8, 4) is 33.6 Å². The van der Waals surface area contributed by atoms with E-state index in [1.165, 1.54) is 23.3 Å². The smallest absolute Gasteiger partial charge is 0.269 e. The van der Waals surface area contributed by atoms with E-state index < -0.39 is 13.0 Å². The molecular weight excluding hydrogens is 645 g/mol. The monoisotopic (exact) mass is 685 g/mol. The molecule has 0 saturated heterocycles. The van der Waals surface area contributed by atoms with Gasteiger partial charge in [-0.3, -0.25) is 10.1 Å². The fourth-order valence-electron chi connectivity index (χ4n) is 5.37. The van der Waals surface area contributed by atoms with Crippen LogP contribution in [0.25, 0.3) is 33.6 Å². The number of nitro benzene ring substituents is 1. The van der Waals surface area contributed by atoms with E-state index in [2.05, 4.69) is 93.5 Å². The quantitative estimate of drug-likeness (QED) is 0.0600. The van der Waals surface area contributed by atoms with Crippen LogP contribution in [0.1, 0.15) is 37.7 Å². The van der Waals surface area contributed by atoms with Gasteiger partial charge in [0.15, 0.2) is 0 Å². The van der Waals surface area contributed by atoms with Crippen LogP contribution in [-0.2, 0) is 23.3 Å². The average molecular weight is 687 g/mol. The van der Waals surface area contributed by atoms with E-state index in [4.69, 9.17) is 32.9 Å². The molecule has 0 radical (unpaired) electrons. The molecule has 9 heteroatoms. The highest BCUT2D eigenvalue weighted by Crippen LogP contribution is 2.39. The van der Waals surface area contributed by atoms with Crippen LogP contribution in [0.3, 0.4) is 0 Å². The predicted octanol–water partition coefficient (Wildman–Crippen LogP) is 11.3. The Labute approximate surface area is 288 Å². The maximum absolute atomic E-state index is 11.5. The van der Waals surface area contributed by atoms with Gasteiger partial charge in [0.1, 0.15) is 12.6 Å². The summed E-state index contributed by atoms with van der Waals surface area (Å²) in [7, 11) is -1.31. The first-order valence-electron chi connectivity index (χ1n) is 15.8. The first kappa shape index (κ1) is 34.6. The number of imidazole rings is 1. The lowest BCUT2D eigenvalue weighted by molar-refractivity contribution is -0.384. The first-order chi connectivity index (χ1) is 22.2. The number of hydrogen-bond acceptors (Lipinski definition) is 4. The van der Waals surface area contributed by atoms with Crippen molar-refractivity contribution in [2.45, 2.75) is 65.0 Å². The van der Waals surface area contributed by atoms with Gasteiger partial charge in [0, 0.05) is 49.4 Å². The summed E-state index contributed by atoms with van der Waals surface area (Å²) < 4.78 is 8.38. The standard InChI is InChI=1S/C38H41Cl2N3O3Si/c1-38(2,3)30-15-11-28(12-16-30)27-9-7-26(8-10-27)23-35-41-36(33-20-17-31(39)24-34(33)40)37(29-13-18-32(19-14-29)43(44)45)42(35)25-46-21-22-47(4,5)6/h7-20,24H,21-23,25H2,1-6H3. The summed E-state index contributed by atoms with van der Waals surface area (Å²) in [6.45, 7) is 14.5. The van der Waals surface area contributed by atoms with E-state index >= 15 is 0 Å². The van der Waals surface area contributed by atoms with Crippen molar-refractivity contribution in [1.82, 2.24) is 9.55 Å². The van der Waals surface area contributed by atoms with Gasteiger partial charge in [-0.2, -0.15) is 0 Å². The first-order valence-corrected chi connectivity index (χ1v) is 20.2. The Morgan fingerprint density at radius 1 is 0.851 bits per heavy atom. The van der Waals surface area contributed by atoms with Gasteiger partial charge in [0.25, 0.3) is 5.69 Å². The van der Waals surface area contributed by atoms with Gasteiger partial charge in [-0.1, -0.05) is 112 Å². The molecule has 0 bridgehead atoms. The van der Waals surface area contributed by atoms with Crippen LogP contribution in [-0.4, -0.2) is 29.2 Å².